The number of rotatable bonds is 3. The lowest BCUT2D eigenvalue weighted by molar-refractivity contribution is -0.122. The maximum Gasteiger partial charge on any atom is 0.243 e. The summed E-state index contributed by atoms with van der Waals surface area (Å²) in [5.74, 6) is 3.86. The first-order valence-corrected chi connectivity index (χ1v) is 9.20. The zero-order valence-corrected chi connectivity index (χ0v) is 13.4. The minimum atomic E-state index is 0.124. The Morgan fingerprint density at radius 3 is 2.22 bits per heavy atom. The van der Waals surface area contributed by atoms with E-state index in [1.165, 1.54) is 43.4 Å². The van der Waals surface area contributed by atoms with Gasteiger partial charge in [0.15, 0.2) is 0 Å². The molecule has 1 aromatic carbocycles. The van der Waals surface area contributed by atoms with Gasteiger partial charge >= 0.3 is 0 Å². The van der Waals surface area contributed by atoms with E-state index in [4.69, 9.17) is 0 Å². The molecule has 0 heterocycles. The number of nitrogens with zero attached hydrogens (tertiary/aromatic N) is 1. The molecule has 5 aliphatic rings. The van der Waals surface area contributed by atoms with Gasteiger partial charge in [-0.2, -0.15) is 5.10 Å². The summed E-state index contributed by atoms with van der Waals surface area (Å²) < 4.78 is 0. The van der Waals surface area contributed by atoms with Crippen LogP contribution < -0.4 is 5.43 Å². The van der Waals surface area contributed by atoms with Crippen LogP contribution in [0.2, 0.25) is 0 Å². The molecule has 3 heteroatoms. The topological polar surface area (TPSA) is 41.5 Å². The summed E-state index contributed by atoms with van der Waals surface area (Å²) in [6.07, 6.45) is 7.69. The van der Waals surface area contributed by atoms with E-state index in [0.29, 0.717) is 17.8 Å². The minimum absolute atomic E-state index is 0.124. The van der Waals surface area contributed by atoms with E-state index in [1.807, 2.05) is 6.07 Å². The number of hydrazone groups is 1. The van der Waals surface area contributed by atoms with Crippen LogP contribution >= 0.6 is 0 Å². The molecule has 3 nitrogen and oxygen atoms in total. The van der Waals surface area contributed by atoms with Gasteiger partial charge in [-0.15, -0.1) is 0 Å². The highest BCUT2D eigenvalue weighted by molar-refractivity contribution is 5.92. The lowest BCUT2D eigenvalue weighted by Crippen LogP contribution is -2.46. The zero-order chi connectivity index (χ0) is 15.4. The molecular weight excluding hydrogens is 284 g/mol. The van der Waals surface area contributed by atoms with Crippen molar-refractivity contribution >= 4 is 11.6 Å². The van der Waals surface area contributed by atoms with Gasteiger partial charge in [0.25, 0.3) is 0 Å². The first kappa shape index (κ1) is 13.8. The monoisotopic (exact) mass is 308 g/mol. The summed E-state index contributed by atoms with van der Waals surface area (Å²) in [7, 11) is 0. The molecule has 0 unspecified atom stereocenters. The predicted molar refractivity (Wildman–Crippen MR) is 89.9 cm³/mol. The van der Waals surface area contributed by atoms with E-state index in [0.717, 1.165) is 18.3 Å². The Labute approximate surface area is 137 Å². The van der Waals surface area contributed by atoms with E-state index in [2.05, 4.69) is 34.8 Å². The second-order valence-corrected chi connectivity index (χ2v) is 8.18. The number of hydrogen-bond acceptors (Lipinski definition) is 2. The van der Waals surface area contributed by atoms with Gasteiger partial charge in [0, 0.05) is 11.6 Å². The van der Waals surface area contributed by atoms with Crippen LogP contribution in [0.15, 0.2) is 35.4 Å². The normalized spacial score (nSPS) is 40.1. The first-order chi connectivity index (χ1) is 11.3. The van der Waals surface area contributed by atoms with Crippen LogP contribution in [0.1, 0.15) is 50.0 Å². The standard InChI is InChI=1S/C20H24N2O/c23-20(18-11-17(18)14-4-2-1-3-5-14)22-21-19-15-7-12-6-13(9-15)10-16(19)8-12/h1-5,12-13,15-18H,6-11H2,(H,22,23)/t12?,13?,15?,16?,17-,18+/m1/s1. The molecule has 1 N–H and O–H groups in total. The maximum atomic E-state index is 12.4. The first-order valence-electron chi connectivity index (χ1n) is 9.20. The van der Waals surface area contributed by atoms with Crippen molar-refractivity contribution in [3.63, 3.8) is 0 Å². The average Bonchev–Trinajstić information content (AvgIpc) is 3.35. The third-order valence-corrected chi connectivity index (χ3v) is 6.62. The molecule has 0 aliphatic heterocycles. The molecule has 5 fully saturated rings. The molecule has 120 valence electrons. The smallest absolute Gasteiger partial charge is 0.243 e. The van der Waals surface area contributed by atoms with Gasteiger partial charge in [0.1, 0.15) is 0 Å². The Morgan fingerprint density at radius 2 is 1.57 bits per heavy atom. The van der Waals surface area contributed by atoms with Crippen LogP contribution in [0, 0.1) is 29.6 Å². The molecule has 23 heavy (non-hydrogen) atoms. The number of carbonyl (C=O) groups excluding carboxylic acids is 1. The number of carbonyl (C=O) groups is 1. The fraction of sp³-hybridized carbons (Fsp3) is 0.600. The van der Waals surface area contributed by atoms with Gasteiger partial charge < -0.3 is 0 Å². The van der Waals surface area contributed by atoms with Gasteiger partial charge in [-0.3, -0.25) is 4.79 Å². The maximum absolute atomic E-state index is 12.4. The van der Waals surface area contributed by atoms with Crippen molar-refractivity contribution < 1.29 is 4.79 Å². The van der Waals surface area contributed by atoms with Crippen LogP contribution in [-0.4, -0.2) is 11.6 Å². The molecule has 0 radical (unpaired) electrons. The Kier molecular flexibility index (Phi) is 3.10. The molecule has 5 aliphatic carbocycles. The van der Waals surface area contributed by atoms with E-state index in [-0.39, 0.29) is 11.8 Å². The van der Waals surface area contributed by atoms with E-state index < -0.39 is 0 Å². The number of nitrogens with one attached hydrogen (secondary N) is 1. The third kappa shape index (κ3) is 2.41. The van der Waals surface area contributed by atoms with Crippen molar-refractivity contribution in [1.29, 1.82) is 0 Å². The molecule has 1 amide bonds. The number of amides is 1. The van der Waals surface area contributed by atoms with E-state index >= 15 is 0 Å². The zero-order valence-electron chi connectivity index (χ0n) is 13.4. The van der Waals surface area contributed by atoms with Crippen LogP contribution in [0.3, 0.4) is 0 Å². The Bertz CT molecular complexity index is 621. The Balaban J connectivity index is 1.24. The third-order valence-electron chi connectivity index (χ3n) is 6.62. The molecule has 0 saturated heterocycles. The summed E-state index contributed by atoms with van der Waals surface area (Å²) in [5, 5.41) is 4.63. The SMILES string of the molecule is O=C(NN=C1C2CC3CC(C2)CC1C3)[C@H]1C[C@@H]1c1ccccc1. The van der Waals surface area contributed by atoms with Crippen molar-refractivity contribution in [3.8, 4) is 0 Å². The van der Waals surface area contributed by atoms with Gasteiger partial charge in [-0.1, -0.05) is 30.3 Å². The van der Waals surface area contributed by atoms with Crippen molar-refractivity contribution in [1.82, 2.24) is 5.43 Å². The summed E-state index contributed by atoms with van der Waals surface area (Å²) in [5.41, 5.74) is 5.53. The summed E-state index contributed by atoms with van der Waals surface area (Å²) in [6, 6.07) is 10.4. The predicted octanol–water partition coefficient (Wildman–Crippen LogP) is 3.72. The highest BCUT2D eigenvalue weighted by Gasteiger charge is 2.47. The molecule has 6 rings (SSSR count). The molecule has 0 spiro atoms. The molecule has 1 aromatic rings. The lowest BCUT2D eigenvalue weighted by atomic mass is 9.55. The Hall–Kier alpha value is -1.64. The van der Waals surface area contributed by atoms with Gasteiger partial charge in [0.2, 0.25) is 5.91 Å². The molecule has 5 saturated carbocycles. The largest absolute Gasteiger partial charge is 0.273 e. The van der Waals surface area contributed by atoms with Crippen LogP contribution in [0.4, 0.5) is 0 Å². The van der Waals surface area contributed by atoms with Crippen molar-refractivity contribution in [2.24, 2.45) is 34.7 Å². The van der Waals surface area contributed by atoms with Crippen molar-refractivity contribution in [2.75, 3.05) is 0 Å². The second-order valence-electron chi connectivity index (χ2n) is 8.18. The van der Waals surface area contributed by atoms with Crippen molar-refractivity contribution in [2.45, 2.75) is 44.4 Å². The number of hydrogen-bond donors (Lipinski definition) is 1. The minimum Gasteiger partial charge on any atom is -0.273 e. The van der Waals surface area contributed by atoms with Gasteiger partial charge in [-0.05, 0) is 73.7 Å². The van der Waals surface area contributed by atoms with Crippen LogP contribution in [0.5, 0.6) is 0 Å². The van der Waals surface area contributed by atoms with Crippen molar-refractivity contribution in [3.05, 3.63) is 35.9 Å². The molecule has 0 aromatic heterocycles. The van der Waals surface area contributed by atoms with Gasteiger partial charge in [-0.25, -0.2) is 5.43 Å². The van der Waals surface area contributed by atoms with Crippen LogP contribution in [0.25, 0.3) is 0 Å². The Morgan fingerprint density at radius 1 is 0.913 bits per heavy atom. The van der Waals surface area contributed by atoms with E-state index in [9.17, 15) is 4.79 Å². The number of benzene rings is 1. The summed E-state index contributed by atoms with van der Waals surface area (Å²) >= 11 is 0. The fourth-order valence-corrected chi connectivity index (χ4v) is 5.61. The quantitative estimate of drug-likeness (QED) is 0.850. The summed E-state index contributed by atoms with van der Waals surface area (Å²) in [6.45, 7) is 0. The molecule has 2 atom stereocenters. The fourth-order valence-electron chi connectivity index (χ4n) is 5.61. The highest BCUT2D eigenvalue weighted by Crippen LogP contribution is 2.52. The molecule has 4 bridgehead atoms. The van der Waals surface area contributed by atoms with Gasteiger partial charge in [0.05, 0.1) is 0 Å². The molecular formula is C20H24N2O. The summed E-state index contributed by atoms with van der Waals surface area (Å²) in [4.78, 5) is 12.4. The second kappa shape index (κ2) is 5.19. The lowest BCUT2D eigenvalue weighted by Gasteiger charge is -2.50. The van der Waals surface area contributed by atoms with E-state index in [1.54, 1.807) is 0 Å². The highest BCUT2D eigenvalue weighted by atomic mass is 16.2. The van der Waals surface area contributed by atoms with Crippen LogP contribution in [-0.2, 0) is 4.79 Å². The average molecular weight is 308 g/mol.